The van der Waals surface area contributed by atoms with Crippen LogP contribution in [-0.4, -0.2) is 15.0 Å². The molecule has 0 saturated carbocycles. The fraction of sp³-hybridized carbons (Fsp3) is 0. The number of nitrogen functional groups attached to an aromatic ring is 1. The van der Waals surface area contributed by atoms with Crippen LogP contribution in [0.15, 0.2) is 64.8 Å². The number of nitrogens with one attached hydrogen (secondary N) is 1. The molecule has 102 valence electrons. The first-order valence-electron chi connectivity index (χ1n) is 6.57. The number of aromatic amines is 1. The van der Waals surface area contributed by atoms with Crippen LogP contribution in [0.2, 0.25) is 0 Å². The standard InChI is InChI=1S/C16H12N4S/c17-11-7-8-14(15-10(11)4-3-9-18-15)21-16-19-12-5-1-2-6-13(12)20-16/h1-9H,17H2,(H,19,20). The van der Waals surface area contributed by atoms with Gasteiger partial charge in [0.05, 0.1) is 16.6 Å². The Morgan fingerprint density at radius 1 is 1.00 bits per heavy atom. The number of pyridine rings is 1. The number of rotatable bonds is 2. The molecule has 0 unspecified atom stereocenters. The summed E-state index contributed by atoms with van der Waals surface area (Å²) in [6.45, 7) is 0. The third kappa shape index (κ3) is 2.11. The normalized spacial score (nSPS) is 11.2. The maximum absolute atomic E-state index is 6.01. The molecule has 0 atom stereocenters. The van der Waals surface area contributed by atoms with Crippen molar-refractivity contribution >= 4 is 39.4 Å². The third-order valence-electron chi connectivity index (χ3n) is 3.34. The molecule has 0 aliphatic carbocycles. The molecule has 3 N–H and O–H groups in total. The Bertz CT molecular complexity index is 912. The van der Waals surface area contributed by atoms with Crippen LogP contribution < -0.4 is 5.73 Å². The molecule has 21 heavy (non-hydrogen) atoms. The van der Waals surface area contributed by atoms with Gasteiger partial charge in [-0.1, -0.05) is 12.1 Å². The zero-order valence-electron chi connectivity index (χ0n) is 11.1. The maximum Gasteiger partial charge on any atom is 0.171 e. The molecule has 0 amide bonds. The highest BCUT2D eigenvalue weighted by molar-refractivity contribution is 7.99. The predicted octanol–water partition coefficient (Wildman–Crippen LogP) is 3.84. The zero-order valence-corrected chi connectivity index (χ0v) is 11.9. The molecular weight excluding hydrogens is 280 g/mol. The summed E-state index contributed by atoms with van der Waals surface area (Å²) in [5, 5.41) is 1.83. The van der Waals surface area contributed by atoms with Crippen molar-refractivity contribution in [2.45, 2.75) is 10.1 Å². The average Bonchev–Trinajstić information content (AvgIpc) is 2.93. The molecule has 0 radical (unpaired) electrons. The van der Waals surface area contributed by atoms with Gasteiger partial charge in [0.25, 0.3) is 0 Å². The van der Waals surface area contributed by atoms with Gasteiger partial charge in [0.1, 0.15) is 0 Å². The predicted molar refractivity (Wildman–Crippen MR) is 86.4 cm³/mol. The summed E-state index contributed by atoms with van der Waals surface area (Å²) in [6, 6.07) is 15.8. The Morgan fingerprint density at radius 3 is 2.81 bits per heavy atom. The van der Waals surface area contributed by atoms with Crippen molar-refractivity contribution in [2.75, 3.05) is 5.73 Å². The van der Waals surface area contributed by atoms with Crippen LogP contribution in [-0.2, 0) is 0 Å². The molecule has 4 rings (SSSR count). The number of hydrogen-bond acceptors (Lipinski definition) is 4. The molecule has 4 aromatic rings. The fourth-order valence-electron chi connectivity index (χ4n) is 2.33. The van der Waals surface area contributed by atoms with E-state index in [9.17, 15) is 0 Å². The number of anilines is 1. The molecule has 0 fully saturated rings. The fourth-order valence-corrected chi connectivity index (χ4v) is 3.24. The summed E-state index contributed by atoms with van der Waals surface area (Å²) in [6.07, 6.45) is 1.78. The minimum Gasteiger partial charge on any atom is -0.398 e. The van der Waals surface area contributed by atoms with Gasteiger partial charge in [-0.3, -0.25) is 4.98 Å². The average molecular weight is 292 g/mol. The molecule has 0 aliphatic heterocycles. The van der Waals surface area contributed by atoms with E-state index in [2.05, 4.69) is 15.0 Å². The number of nitrogens with two attached hydrogens (primary N) is 1. The van der Waals surface area contributed by atoms with Crippen molar-refractivity contribution in [1.29, 1.82) is 0 Å². The molecule has 0 bridgehead atoms. The maximum atomic E-state index is 6.01. The molecular formula is C16H12N4S. The van der Waals surface area contributed by atoms with Gasteiger partial charge < -0.3 is 10.7 Å². The summed E-state index contributed by atoms with van der Waals surface area (Å²) in [5.74, 6) is 0. The van der Waals surface area contributed by atoms with Crippen LogP contribution in [0.4, 0.5) is 5.69 Å². The number of imidazole rings is 1. The summed E-state index contributed by atoms with van der Waals surface area (Å²) in [5.41, 5.74) is 9.66. The van der Waals surface area contributed by atoms with E-state index in [1.807, 2.05) is 48.5 Å². The van der Waals surface area contributed by atoms with Crippen LogP contribution in [0.1, 0.15) is 0 Å². The molecule has 5 heteroatoms. The van der Waals surface area contributed by atoms with Crippen LogP contribution in [0, 0.1) is 0 Å². The van der Waals surface area contributed by atoms with Gasteiger partial charge in [0.2, 0.25) is 0 Å². The second-order valence-corrected chi connectivity index (χ2v) is 5.74. The van der Waals surface area contributed by atoms with Crippen molar-refractivity contribution in [3.8, 4) is 0 Å². The van der Waals surface area contributed by atoms with E-state index in [1.54, 1.807) is 18.0 Å². The highest BCUT2D eigenvalue weighted by Crippen LogP contribution is 2.34. The second-order valence-electron chi connectivity index (χ2n) is 4.71. The Hall–Kier alpha value is -2.53. The van der Waals surface area contributed by atoms with E-state index in [0.717, 1.165) is 37.7 Å². The van der Waals surface area contributed by atoms with E-state index in [1.165, 1.54) is 0 Å². The monoisotopic (exact) mass is 292 g/mol. The number of aromatic nitrogens is 3. The molecule has 4 nitrogen and oxygen atoms in total. The molecule has 2 aromatic carbocycles. The van der Waals surface area contributed by atoms with E-state index < -0.39 is 0 Å². The van der Waals surface area contributed by atoms with E-state index in [-0.39, 0.29) is 0 Å². The minimum absolute atomic E-state index is 0.743. The first-order chi connectivity index (χ1) is 10.3. The summed E-state index contributed by atoms with van der Waals surface area (Å²) < 4.78 is 0. The number of H-pyrrole nitrogens is 1. The van der Waals surface area contributed by atoms with Crippen molar-refractivity contribution in [3.63, 3.8) is 0 Å². The van der Waals surface area contributed by atoms with Crippen molar-refractivity contribution in [2.24, 2.45) is 0 Å². The first-order valence-corrected chi connectivity index (χ1v) is 7.39. The van der Waals surface area contributed by atoms with E-state index in [4.69, 9.17) is 5.73 Å². The Kier molecular flexibility index (Phi) is 2.79. The van der Waals surface area contributed by atoms with Crippen LogP contribution in [0.25, 0.3) is 21.9 Å². The van der Waals surface area contributed by atoms with Crippen molar-refractivity contribution in [3.05, 3.63) is 54.7 Å². The second kappa shape index (κ2) is 4.79. The smallest absolute Gasteiger partial charge is 0.171 e. The largest absolute Gasteiger partial charge is 0.398 e. The van der Waals surface area contributed by atoms with Crippen molar-refractivity contribution in [1.82, 2.24) is 15.0 Å². The summed E-state index contributed by atoms with van der Waals surface area (Å²) >= 11 is 1.57. The quantitative estimate of drug-likeness (QED) is 0.551. The van der Waals surface area contributed by atoms with Crippen LogP contribution >= 0.6 is 11.8 Å². The van der Waals surface area contributed by atoms with Gasteiger partial charge in [-0.2, -0.15) is 0 Å². The lowest BCUT2D eigenvalue weighted by molar-refractivity contribution is 1.08. The Labute approximate surface area is 125 Å². The third-order valence-corrected chi connectivity index (χ3v) is 4.28. The number of benzene rings is 2. The zero-order chi connectivity index (χ0) is 14.2. The van der Waals surface area contributed by atoms with Gasteiger partial charge in [-0.05, 0) is 48.2 Å². The van der Waals surface area contributed by atoms with E-state index >= 15 is 0 Å². The Morgan fingerprint density at radius 2 is 1.90 bits per heavy atom. The van der Waals surface area contributed by atoms with Gasteiger partial charge >= 0.3 is 0 Å². The Balaban J connectivity index is 1.82. The summed E-state index contributed by atoms with van der Waals surface area (Å²) in [7, 11) is 0. The lowest BCUT2D eigenvalue weighted by Gasteiger charge is -2.05. The molecule has 0 saturated heterocycles. The topological polar surface area (TPSA) is 67.6 Å². The molecule has 0 aliphatic rings. The van der Waals surface area contributed by atoms with Crippen LogP contribution in [0.5, 0.6) is 0 Å². The number of hydrogen-bond donors (Lipinski definition) is 2. The van der Waals surface area contributed by atoms with Crippen molar-refractivity contribution < 1.29 is 0 Å². The number of para-hydroxylation sites is 2. The molecule has 2 aromatic heterocycles. The van der Waals surface area contributed by atoms with Gasteiger partial charge in [0.15, 0.2) is 5.16 Å². The summed E-state index contributed by atoms with van der Waals surface area (Å²) in [4.78, 5) is 13.4. The highest BCUT2D eigenvalue weighted by atomic mass is 32.2. The van der Waals surface area contributed by atoms with Gasteiger partial charge in [-0.15, -0.1) is 0 Å². The highest BCUT2D eigenvalue weighted by Gasteiger charge is 2.09. The molecule has 0 spiro atoms. The minimum atomic E-state index is 0.743. The first kappa shape index (κ1) is 12.2. The van der Waals surface area contributed by atoms with Crippen LogP contribution in [0.3, 0.4) is 0 Å². The number of nitrogens with zero attached hydrogens (tertiary/aromatic N) is 2. The number of fused-ring (bicyclic) bond motifs is 2. The van der Waals surface area contributed by atoms with E-state index in [0.29, 0.717) is 0 Å². The molecule has 2 heterocycles. The SMILES string of the molecule is Nc1ccc(Sc2nc3ccccc3[nH]2)c2ncccc12. The lowest BCUT2D eigenvalue weighted by Crippen LogP contribution is -1.90. The van der Waals surface area contributed by atoms with Gasteiger partial charge in [0, 0.05) is 22.2 Å². The lowest BCUT2D eigenvalue weighted by atomic mass is 10.2. The van der Waals surface area contributed by atoms with Gasteiger partial charge in [-0.25, -0.2) is 4.98 Å².